The van der Waals surface area contributed by atoms with Gasteiger partial charge in [0.25, 0.3) is 5.56 Å². The first-order valence-corrected chi connectivity index (χ1v) is 7.81. The van der Waals surface area contributed by atoms with Crippen LogP contribution in [0.1, 0.15) is 5.56 Å². The van der Waals surface area contributed by atoms with Gasteiger partial charge in [-0.2, -0.15) is 0 Å². The van der Waals surface area contributed by atoms with Crippen LogP contribution in [0, 0.1) is 0 Å². The molecule has 0 fully saturated rings. The summed E-state index contributed by atoms with van der Waals surface area (Å²) in [6.07, 6.45) is 0. The van der Waals surface area contributed by atoms with E-state index in [9.17, 15) is 4.79 Å². The molecule has 108 valence electrons. The van der Waals surface area contributed by atoms with E-state index >= 15 is 0 Å². The molecule has 3 rings (SSSR count). The summed E-state index contributed by atoms with van der Waals surface area (Å²) in [6.45, 7) is 0.477. The summed E-state index contributed by atoms with van der Waals surface area (Å²) in [6, 6.07) is 10.9. The Bertz CT molecular complexity index is 899. The Morgan fingerprint density at radius 3 is 2.67 bits per heavy atom. The molecular formula is C15H11BrCl2N2O. The lowest BCUT2D eigenvalue weighted by atomic mass is 10.2. The lowest BCUT2D eigenvalue weighted by molar-refractivity contribution is 0.554. The molecule has 3 aromatic rings. The third-order valence-electron chi connectivity index (χ3n) is 3.45. The summed E-state index contributed by atoms with van der Waals surface area (Å²) in [5.74, 6) is 0. The number of hydrogen-bond donors (Lipinski definition) is 0. The minimum atomic E-state index is -0.0318. The quantitative estimate of drug-likeness (QED) is 0.639. The highest BCUT2D eigenvalue weighted by atomic mass is 79.9. The first kappa shape index (κ1) is 14.7. The molecule has 0 saturated heterocycles. The van der Waals surface area contributed by atoms with Gasteiger partial charge in [0.1, 0.15) is 0 Å². The number of halogens is 3. The van der Waals surface area contributed by atoms with Crippen molar-refractivity contribution in [2.75, 3.05) is 0 Å². The highest BCUT2D eigenvalue weighted by Crippen LogP contribution is 2.24. The summed E-state index contributed by atoms with van der Waals surface area (Å²) in [5, 5.41) is 1.93. The average molecular weight is 386 g/mol. The van der Waals surface area contributed by atoms with E-state index in [1.807, 2.05) is 28.9 Å². The summed E-state index contributed by atoms with van der Waals surface area (Å²) in [5.41, 5.74) is 1.69. The molecule has 0 radical (unpaired) electrons. The topological polar surface area (TPSA) is 26.9 Å². The predicted molar refractivity (Wildman–Crippen MR) is 90.4 cm³/mol. The van der Waals surface area contributed by atoms with Crippen LogP contribution in [0.25, 0.3) is 10.9 Å². The summed E-state index contributed by atoms with van der Waals surface area (Å²) < 4.78 is 4.40. The van der Waals surface area contributed by atoms with Crippen LogP contribution in [-0.4, -0.2) is 9.36 Å². The molecule has 6 heteroatoms. The van der Waals surface area contributed by atoms with Crippen LogP contribution < -0.4 is 5.56 Å². The van der Waals surface area contributed by atoms with Gasteiger partial charge in [-0.15, -0.1) is 0 Å². The average Bonchev–Trinajstić information content (AvgIpc) is 2.67. The highest BCUT2D eigenvalue weighted by molar-refractivity contribution is 9.10. The van der Waals surface area contributed by atoms with Crippen molar-refractivity contribution in [2.24, 2.45) is 7.05 Å². The van der Waals surface area contributed by atoms with Gasteiger partial charge in [0.15, 0.2) is 0 Å². The smallest absolute Gasteiger partial charge is 0.274 e. The Labute approximate surface area is 139 Å². The van der Waals surface area contributed by atoms with E-state index in [2.05, 4.69) is 15.9 Å². The standard InChI is InChI=1S/C15H11BrCl2N2O/c1-19-15(21)12-4-2-10(16)7-14(12)20(19)8-9-6-11(17)3-5-13(9)18/h2-7H,8H2,1H3. The molecule has 0 atom stereocenters. The number of benzene rings is 2. The van der Waals surface area contributed by atoms with E-state index in [0.29, 0.717) is 22.0 Å². The van der Waals surface area contributed by atoms with Gasteiger partial charge in [0, 0.05) is 21.6 Å². The fourth-order valence-electron chi connectivity index (χ4n) is 2.36. The van der Waals surface area contributed by atoms with Gasteiger partial charge < -0.3 is 0 Å². The Morgan fingerprint density at radius 1 is 1.14 bits per heavy atom. The summed E-state index contributed by atoms with van der Waals surface area (Å²) >= 11 is 15.7. The zero-order chi connectivity index (χ0) is 15.1. The second kappa shape index (κ2) is 5.52. The zero-order valence-corrected chi connectivity index (χ0v) is 14.2. The molecule has 2 aromatic carbocycles. The molecule has 0 unspecified atom stereocenters. The zero-order valence-electron chi connectivity index (χ0n) is 11.1. The van der Waals surface area contributed by atoms with E-state index in [4.69, 9.17) is 23.2 Å². The van der Waals surface area contributed by atoms with Crippen LogP contribution in [-0.2, 0) is 13.6 Å². The van der Waals surface area contributed by atoms with Crippen molar-refractivity contribution in [3.8, 4) is 0 Å². The maximum absolute atomic E-state index is 12.3. The minimum Gasteiger partial charge on any atom is -0.278 e. The lowest BCUT2D eigenvalue weighted by Gasteiger charge is -2.11. The van der Waals surface area contributed by atoms with Crippen LogP contribution in [0.4, 0.5) is 0 Å². The van der Waals surface area contributed by atoms with Gasteiger partial charge in [-0.25, -0.2) is 0 Å². The van der Waals surface area contributed by atoms with E-state index < -0.39 is 0 Å². The molecule has 0 aliphatic rings. The number of nitrogens with zero attached hydrogens (tertiary/aromatic N) is 2. The van der Waals surface area contributed by atoms with Gasteiger partial charge in [0.2, 0.25) is 0 Å². The Kier molecular flexibility index (Phi) is 3.86. The predicted octanol–water partition coefficient (Wildman–Crippen LogP) is 4.46. The molecule has 0 bridgehead atoms. The molecule has 1 heterocycles. The van der Waals surface area contributed by atoms with Gasteiger partial charge in [0.05, 0.1) is 17.4 Å². The van der Waals surface area contributed by atoms with Gasteiger partial charge >= 0.3 is 0 Å². The molecule has 0 spiro atoms. The number of fused-ring (bicyclic) bond motifs is 1. The van der Waals surface area contributed by atoms with E-state index in [1.54, 1.807) is 23.9 Å². The number of rotatable bonds is 2. The largest absolute Gasteiger partial charge is 0.278 e. The fraction of sp³-hybridized carbons (Fsp3) is 0.133. The van der Waals surface area contributed by atoms with Crippen molar-refractivity contribution < 1.29 is 0 Å². The SMILES string of the molecule is Cn1c(=O)c2ccc(Br)cc2n1Cc1cc(Cl)ccc1Cl. The highest BCUT2D eigenvalue weighted by Gasteiger charge is 2.12. The molecule has 1 aromatic heterocycles. The second-order valence-corrected chi connectivity index (χ2v) is 6.54. The molecular weight excluding hydrogens is 375 g/mol. The Hall–Kier alpha value is -1.23. The van der Waals surface area contributed by atoms with Crippen LogP contribution in [0.3, 0.4) is 0 Å². The Morgan fingerprint density at radius 2 is 1.90 bits per heavy atom. The number of aromatic nitrogens is 2. The van der Waals surface area contributed by atoms with Crippen molar-refractivity contribution in [1.82, 2.24) is 9.36 Å². The first-order chi connectivity index (χ1) is 9.97. The van der Waals surface area contributed by atoms with Crippen LogP contribution in [0.5, 0.6) is 0 Å². The number of hydrogen-bond acceptors (Lipinski definition) is 1. The van der Waals surface area contributed by atoms with Crippen LogP contribution in [0.15, 0.2) is 45.7 Å². The molecule has 0 saturated carbocycles. The van der Waals surface area contributed by atoms with Crippen molar-refractivity contribution in [2.45, 2.75) is 6.54 Å². The van der Waals surface area contributed by atoms with E-state index in [1.165, 1.54) is 0 Å². The Balaban J connectivity index is 2.21. The van der Waals surface area contributed by atoms with Crippen molar-refractivity contribution in [3.05, 3.63) is 66.8 Å². The maximum atomic E-state index is 12.3. The summed E-state index contributed by atoms with van der Waals surface area (Å²) in [4.78, 5) is 12.3. The fourth-order valence-corrected chi connectivity index (χ4v) is 3.08. The molecule has 0 amide bonds. The molecule has 0 N–H and O–H groups in total. The molecule has 3 nitrogen and oxygen atoms in total. The van der Waals surface area contributed by atoms with Crippen LogP contribution in [0.2, 0.25) is 10.0 Å². The van der Waals surface area contributed by atoms with Crippen molar-refractivity contribution in [3.63, 3.8) is 0 Å². The second-order valence-electron chi connectivity index (χ2n) is 4.78. The molecule has 0 aliphatic heterocycles. The maximum Gasteiger partial charge on any atom is 0.274 e. The lowest BCUT2D eigenvalue weighted by Crippen LogP contribution is -2.19. The summed E-state index contributed by atoms with van der Waals surface area (Å²) in [7, 11) is 1.74. The van der Waals surface area contributed by atoms with Gasteiger partial charge in [-0.3, -0.25) is 14.2 Å². The molecule has 0 aliphatic carbocycles. The van der Waals surface area contributed by atoms with Crippen LogP contribution >= 0.6 is 39.1 Å². The minimum absolute atomic E-state index is 0.0318. The van der Waals surface area contributed by atoms with E-state index in [-0.39, 0.29) is 5.56 Å². The van der Waals surface area contributed by atoms with Gasteiger partial charge in [-0.1, -0.05) is 39.1 Å². The van der Waals surface area contributed by atoms with Gasteiger partial charge in [-0.05, 0) is 42.0 Å². The molecule has 21 heavy (non-hydrogen) atoms. The third kappa shape index (κ3) is 2.63. The normalized spacial score (nSPS) is 11.2. The third-order valence-corrected chi connectivity index (χ3v) is 4.55. The monoisotopic (exact) mass is 384 g/mol. The van der Waals surface area contributed by atoms with Crippen molar-refractivity contribution >= 4 is 50.0 Å². The van der Waals surface area contributed by atoms with Crippen molar-refractivity contribution in [1.29, 1.82) is 0 Å². The first-order valence-electron chi connectivity index (χ1n) is 6.26. The van der Waals surface area contributed by atoms with E-state index in [0.717, 1.165) is 15.6 Å².